The molecular formula is C22H31Cl2NO2. The first-order chi connectivity index (χ1) is 13.0. The molecule has 4 aliphatic rings. The number of rotatable bonds is 8. The summed E-state index contributed by atoms with van der Waals surface area (Å²) in [6, 6.07) is 6.04. The minimum atomic E-state index is -0.335. The second kappa shape index (κ2) is 8.10. The minimum Gasteiger partial charge on any atom is -0.492 e. The third kappa shape index (κ3) is 4.27. The molecule has 0 aliphatic heterocycles. The number of hydrogen-bond acceptors (Lipinski definition) is 3. The van der Waals surface area contributed by atoms with Crippen LogP contribution in [0.1, 0.15) is 51.9 Å². The molecule has 3 nitrogen and oxygen atoms in total. The molecule has 1 aromatic rings. The van der Waals surface area contributed by atoms with Crippen LogP contribution in [0.15, 0.2) is 18.2 Å². The fourth-order valence-corrected chi connectivity index (χ4v) is 6.72. The maximum Gasteiger partial charge on any atom is 0.137 e. The molecule has 0 amide bonds. The van der Waals surface area contributed by atoms with Gasteiger partial charge >= 0.3 is 0 Å². The molecular weight excluding hydrogens is 381 g/mol. The largest absolute Gasteiger partial charge is 0.492 e. The van der Waals surface area contributed by atoms with Gasteiger partial charge in [0.25, 0.3) is 0 Å². The number of ether oxygens (including phenoxy) is 1. The van der Waals surface area contributed by atoms with Gasteiger partial charge in [-0.1, -0.05) is 30.1 Å². The van der Waals surface area contributed by atoms with Gasteiger partial charge in [0.15, 0.2) is 0 Å². The van der Waals surface area contributed by atoms with E-state index in [-0.39, 0.29) is 5.60 Å². The first kappa shape index (κ1) is 19.8. The Kier molecular flexibility index (Phi) is 5.95. The highest BCUT2D eigenvalue weighted by atomic mass is 35.5. The van der Waals surface area contributed by atoms with Gasteiger partial charge in [0.1, 0.15) is 5.75 Å². The van der Waals surface area contributed by atoms with E-state index in [4.69, 9.17) is 27.9 Å². The van der Waals surface area contributed by atoms with Gasteiger partial charge in [-0.3, -0.25) is 0 Å². The van der Waals surface area contributed by atoms with Gasteiger partial charge in [0, 0.05) is 11.1 Å². The second-order valence-corrected chi connectivity index (χ2v) is 9.79. The monoisotopic (exact) mass is 411 g/mol. The minimum absolute atomic E-state index is 0.335. The van der Waals surface area contributed by atoms with Crippen LogP contribution in [-0.2, 0) is 0 Å². The lowest BCUT2D eigenvalue weighted by Crippen LogP contribution is -2.61. The lowest BCUT2D eigenvalue weighted by molar-refractivity contribution is -0.159. The van der Waals surface area contributed by atoms with E-state index < -0.39 is 0 Å². The Bertz CT molecular complexity index is 652. The van der Waals surface area contributed by atoms with E-state index in [1.807, 2.05) is 12.1 Å². The van der Waals surface area contributed by atoms with Crippen LogP contribution in [0.5, 0.6) is 5.75 Å². The Labute approximate surface area is 173 Å². The molecule has 5 heteroatoms. The van der Waals surface area contributed by atoms with E-state index in [0.29, 0.717) is 40.3 Å². The van der Waals surface area contributed by atoms with Crippen LogP contribution in [0.4, 0.5) is 0 Å². The van der Waals surface area contributed by atoms with Gasteiger partial charge in [0.2, 0.25) is 0 Å². The Morgan fingerprint density at radius 1 is 1.15 bits per heavy atom. The Hall–Kier alpha value is -0.480. The fourth-order valence-electron chi connectivity index (χ4n) is 6.26. The van der Waals surface area contributed by atoms with Crippen LogP contribution in [0.2, 0.25) is 10.0 Å². The van der Waals surface area contributed by atoms with Gasteiger partial charge < -0.3 is 14.7 Å². The summed E-state index contributed by atoms with van der Waals surface area (Å²) < 4.78 is 5.82. The van der Waals surface area contributed by atoms with Crippen LogP contribution in [0.25, 0.3) is 0 Å². The quantitative estimate of drug-likeness (QED) is 0.580. The normalized spacial score (nSPS) is 34.4. The summed E-state index contributed by atoms with van der Waals surface area (Å²) in [6.45, 7) is 5.18. The fraction of sp³-hybridized carbons (Fsp3) is 0.727. The Morgan fingerprint density at radius 3 is 2.52 bits per heavy atom. The van der Waals surface area contributed by atoms with Crippen molar-refractivity contribution < 1.29 is 9.84 Å². The molecule has 2 atom stereocenters. The number of hydrogen-bond donors (Lipinski definition) is 1. The molecule has 0 saturated heterocycles. The molecule has 150 valence electrons. The predicted molar refractivity (Wildman–Crippen MR) is 111 cm³/mol. The van der Waals surface area contributed by atoms with Crippen molar-refractivity contribution in [1.82, 2.24) is 4.90 Å². The molecule has 0 aromatic heterocycles. The van der Waals surface area contributed by atoms with E-state index in [9.17, 15) is 5.11 Å². The van der Waals surface area contributed by atoms with Gasteiger partial charge in [-0.25, -0.2) is 0 Å². The average molecular weight is 412 g/mol. The zero-order valence-corrected chi connectivity index (χ0v) is 17.7. The summed E-state index contributed by atoms with van der Waals surface area (Å²) >= 11 is 12.1. The molecule has 0 heterocycles. The summed E-state index contributed by atoms with van der Waals surface area (Å²) in [5.74, 6) is 2.89. The highest BCUT2D eigenvalue weighted by Gasteiger charge is 2.55. The van der Waals surface area contributed by atoms with Crippen LogP contribution in [0.3, 0.4) is 0 Å². The number of halogens is 2. The van der Waals surface area contributed by atoms with Crippen LogP contribution < -0.4 is 4.74 Å². The molecule has 4 bridgehead atoms. The van der Waals surface area contributed by atoms with E-state index in [0.717, 1.165) is 51.1 Å². The second-order valence-electron chi connectivity index (χ2n) is 8.94. The highest BCUT2D eigenvalue weighted by Crippen LogP contribution is 2.56. The van der Waals surface area contributed by atoms with E-state index in [2.05, 4.69) is 11.8 Å². The van der Waals surface area contributed by atoms with Gasteiger partial charge in [0.05, 0.1) is 17.2 Å². The smallest absolute Gasteiger partial charge is 0.137 e. The summed E-state index contributed by atoms with van der Waals surface area (Å²) in [5.41, 5.74) is -0.335. The zero-order valence-electron chi connectivity index (χ0n) is 16.2. The molecule has 2 unspecified atom stereocenters. The summed E-state index contributed by atoms with van der Waals surface area (Å²) in [6.07, 6.45) is 7.92. The van der Waals surface area contributed by atoms with Gasteiger partial charge in [-0.2, -0.15) is 0 Å². The molecule has 4 fully saturated rings. The van der Waals surface area contributed by atoms with Crippen molar-refractivity contribution in [3.63, 3.8) is 0 Å². The molecule has 5 rings (SSSR count). The van der Waals surface area contributed by atoms with Crippen LogP contribution >= 0.6 is 23.2 Å². The van der Waals surface area contributed by atoms with Crippen molar-refractivity contribution in [2.75, 3.05) is 19.7 Å². The lowest BCUT2D eigenvalue weighted by Gasteiger charge is -2.60. The van der Waals surface area contributed by atoms with E-state index in [1.165, 1.54) is 12.8 Å². The van der Waals surface area contributed by atoms with Crippen LogP contribution in [0, 0.1) is 17.8 Å². The van der Waals surface area contributed by atoms with E-state index >= 15 is 0 Å². The molecule has 1 aromatic carbocycles. The third-order valence-electron chi connectivity index (χ3n) is 7.01. The molecule has 1 N–H and O–H groups in total. The maximum atomic E-state index is 10.8. The van der Waals surface area contributed by atoms with Crippen LogP contribution in [-0.4, -0.2) is 41.3 Å². The molecule has 4 aliphatic carbocycles. The predicted octanol–water partition coefficient (Wildman–Crippen LogP) is 5.41. The number of unbranched alkanes of at least 4 members (excludes halogenated alkanes) is 1. The summed E-state index contributed by atoms with van der Waals surface area (Å²) in [5, 5.41) is 12.0. The van der Waals surface area contributed by atoms with Crippen molar-refractivity contribution in [2.24, 2.45) is 17.8 Å². The topological polar surface area (TPSA) is 32.7 Å². The number of aliphatic hydroxyl groups is 1. The summed E-state index contributed by atoms with van der Waals surface area (Å²) in [7, 11) is 0. The molecule has 0 radical (unpaired) electrons. The highest BCUT2D eigenvalue weighted by molar-refractivity contribution is 6.35. The van der Waals surface area contributed by atoms with Crippen molar-refractivity contribution in [3.8, 4) is 5.75 Å². The van der Waals surface area contributed by atoms with Crippen molar-refractivity contribution in [3.05, 3.63) is 28.2 Å². The Morgan fingerprint density at radius 2 is 1.89 bits per heavy atom. The number of benzene rings is 1. The van der Waals surface area contributed by atoms with Crippen molar-refractivity contribution in [2.45, 2.75) is 63.5 Å². The first-order valence-electron chi connectivity index (χ1n) is 10.5. The van der Waals surface area contributed by atoms with Gasteiger partial charge in [-0.15, -0.1) is 0 Å². The lowest BCUT2D eigenvalue weighted by atomic mass is 9.52. The van der Waals surface area contributed by atoms with Crippen molar-refractivity contribution in [1.29, 1.82) is 0 Å². The molecule has 4 saturated carbocycles. The average Bonchev–Trinajstić information content (AvgIpc) is 2.59. The molecule has 0 spiro atoms. The maximum absolute atomic E-state index is 10.8. The zero-order chi connectivity index (χ0) is 19.0. The molecule has 27 heavy (non-hydrogen) atoms. The first-order valence-corrected chi connectivity index (χ1v) is 11.3. The third-order valence-corrected chi connectivity index (χ3v) is 7.54. The number of nitrogens with zero attached hydrogens (tertiary/aromatic N) is 1. The van der Waals surface area contributed by atoms with Gasteiger partial charge in [-0.05, 0) is 94.0 Å². The SMILES string of the molecule is CCN(CCCCOc1ccc(Cl)cc1Cl)C1C2CC3CC1CC(O)(C3)C2. The standard InChI is InChI=1S/C22H31Cl2NO2/c1-2-25(7-3-4-8-27-20-6-5-18(23)11-19(20)24)21-16-9-15-10-17(21)14-22(26,12-15)13-16/h5-6,11,15-17,21,26H,2-4,7-10,12-14H2,1H3. The van der Waals surface area contributed by atoms with Crippen molar-refractivity contribution >= 4 is 23.2 Å². The van der Waals surface area contributed by atoms with E-state index in [1.54, 1.807) is 6.07 Å². The summed E-state index contributed by atoms with van der Waals surface area (Å²) in [4.78, 5) is 2.69. The Balaban J connectivity index is 1.25.